The first kappa shape index (κ1) is 20.9. The van der Waals surface area contributed by atoms with E-state index in [2.05, 4.69) is 10.1 Å². The second-order valence-electron chi connectivity index (χ2n) is 5.51. The average molecular weight is 395 g/mol. The van der Waals surface area contributed by atoms with Gasteiger partial charge in [-0.05, 0) is 36.4 Å². The van der Waals surface area contributed by atoms with Gasteiger partial charge in [0.2, 0.25) is 0 Å². The van der Waals surface area contributed by atoms with Crippen LogP contribution < -0.4 is 10.1 Å². The van der Waals surface area contributed by atoms with Gasteiger partial charge >= 0.3 is 12.6 Å². The molecule has 0 saturated heterocycles. The predicted molar refractivity (Wildman–Crippen MR) is 92.6 cm³/mol. The zero-order valence-corrected chi connectivity index (χ0v) is 14.5. The van der Waals surface area contributed by atoms with Crippen LogP contribution in [0.25, 0.3) is 0 Å². The van der Waals surface area contributed by atoms with Crippen molar-refractivity contribution in [1.29, 1.82) is 0 Å². The highest BCUT2D eigenvalue weighted by atomic mass is 19.3. The van der Waals surface area contributed by atoms with Crippen LogP contribution in [-0.2, 0) is 14.3 Å². The highest BCUT2D eigenvalue weighted by Crippen LogP contribution is 2.25. The summed E-state index contributed by atoms with van der Waals surface area (Å²) in [6.45, 7) is -3.72. The summed E-state index contributed by atoms with van der Waals surface area (Å²) in [6, 6.07) is 10.4. The van der Waals surface area contributed by atoms with Gasteiger partial charge in [0.1, 0.15) is 11.6 Å². The Kier molecular flexibility index (Phi) is 7.55. The quantitative estimate of drug-likeness (QED) is 0.519. The number of anilines is 1. The van der Waals surface area contributed by atoms with E-state index in [4.69, 9.17) is 4.74 Å². The first-order chi connectivity index (χ1) is 13.3. The van der Waals surface area contributed by atoms with Crippen molar-refractivity contribution in [1.82, 2.24) is 0 Å². The molecular weight excluding hydrogens is 379 g/mol. The van der Waals surface area contributed by atoms with E-state index < -0.39 is 30.9 Å². The van der Waals surface area contributed by atoms with E-state index in [1.807, 2.05) is 0 Å². The van der Waals surface area contributed by atoms with E-state index in [0.717, 1.165) is 12.1 Å². The minimum Gasteiger partial charge on any atom is -0.456 e. The zero-order valence-electron chi connectivity index (χ0n) is 14.5. The second kappa shape index (κ2) is 10.1. The van der Waals surface area contributed by atoms with Crippen LogP contribution in [0, 0.1) is 5.82 Å². The third kappa shape index (κ3) is 6.75. The Balaban J connectivity index is 1.77. The zero-order chi connectivity index (χ0) is 20.5. The number of para-hydroxylation sites is 2. The average Bonchev–Trinajstić information content (AvgIpc) is 2.66. The third-order valence-electron chi connectivity index (χ3n) is 3.46. The lowest BCUT2D eigenvalue weighted by molar-refractivity contribution is -0.147. The Hall–Kier alpha value is -3.36. The molecule has 2 aromatic rings. The van der Waals surface area contributed by atoms with E-state index in [1.165, 1.54) is 36.4 Å². The van der Waals surface area contributed by atoms with Gasteiger partial charge in [0.15, 0.2) is 12.4 Å². The summed E-state index contributed by atoms with van der Waals surface area (Å²) in [4.78, 5) is 35.4. The Morgan fingerprint density at radius 3 is 2.32 bits per heavy atom. The lowest BCUT2D eigenvalue weighted by Crippen LogP contribution is -2.21. The van der Waals surface area contributed by atoms with E-state index >= 15 is 0 Å². The van der Waals surface area contributed by atoms with E-state index in [0.29, 0.717) is 0 Å². The van der Waals surface area contributed by atoms with Crippen LogP contribution in [0.15, 0.2) is 48.5 Å². The number of benzene rings is 2. The normalized spacial score (nSPS) is 10.4. The van der Waals surface area contributed by atoms with Crippen molar-refractivity contribution < 1.29 is 37.0 Å². The number of carbonyl (C=O) groups excluding carboxylic acids is 3. The maximum absolute atomic E-state index is 12.8. The van der Waals surface area contributed by atoms with Crippen LogP contribution in [0.4, 0.5) is 18.9 Å². The van der Waals surface area contributed by atoms with Crippen molar-refractivity contribution in [3.63, 3.8) is 0 Å². The maximum Gasteiger partial charge on any atom is 0.387 e. The lowest BCUT2D eigenvalue weighted by Gasteiger charge is -2.11. The molecule has 0 heterocycles. The van der Waals surface area contributed by atoms with Crippen LogP contribution in [-0.4, -0.2) is 30.9 Å². The topological polar surface area (TPSA) is 81.7 Å². The number of ether oxygens (including phenoxy) is 2. The Morgan fingerprint density at radius 1 is 0.964 bits per heavy atom. The number of esters is 1. The van der Waals surface area contributed by atoms with Gasteiger partial charge in [0.25, 0.3) is 5.91 Å². The standard InChI is InChI=1S/C19H16F3NO5/c20-13-7-5-12(6-8-13)15(24)9-10-18(26)27-11-17(25)23-14-3-1-2-4-16(14)28-19(21)22/h1-8,19H,9-11H2,(H,23,25). The third-order valence-corrected chi connectivity index (χ3v) is 3.46. The molecule has 0 aliphatic carbocycles. The minimum atomic E-state index is -3.06. The van der Waals surface area contributed by atoms with Crippen molar-refractivity contribution in [2.24, 2.45) is 0 Å². The van der Waals surface area contributed by atoms with Gasteiger partial charge in [-0.25, -0.2) is 4.39 Å². The molecule has 0 aromatic heterocycles. The van der Waals surface area contributed by atoms with Crippen LogP contribution in [0.2, 0.25) is 0 Å². The summed E-state index contributed by atoms with van der Waals surface area (Å²) in [5.74, 6) is -2.64. The van der Waals surface area contributed by atoms with Gasteiger partial charge in [-0.3, -0.25) is 14.4 Å². The molecule has 0 bridgehead atoms. The number of hydrogen-bond acceptors (Lipinski definition) is 5. The maximum atomic E-state index is 12.8. The molecule has 9 heteroatoms. The van der Waals surface area contributed by atoms with Gasteiger partial charge in [-0.15, -0.1) is 0 Å². The molecule has 0 aliphatic rings. The SMILES string of the molecule is O=C(COC(=O)CCC(=O)c1ccc(F)cc1)Nc1ccccc1OC(F)F. The van der Waals surface area contributed by atoms with Crippen LogP contribution in [0.1, 0.15) is 23.2 Å². The molecule has 0 fully saturated rings. The summed E-state index contributed by atoms with van der Waals surface area (Å²) in [5.41, 5.74) is 0.248. The van der Waals surface area contributed by atoms with Crippen molar-refractivity contribution in [2.45, 2.75) is 19.5 Å². The number of nitrogens with one attached hydrogen (secondary N) is 1. The smallest absolute Gasteiger partial charge is 0.387 e. The summed E-state index contributed by atoms with van der Waals surface area (Å²) < 4.78 is 46.5. The van der Waals surface area contributed by atoms with Gasteiger partial charge < -0.3 is 14.8 Å². The summed E-state index contributed by atoms with van der Waals surface area (Å²) in [5, 5.41) is 2.29. The summed E-state index contributed by atoms with van der Waals surface area (Å²) in [7, 11) is 0. The molecule has 1 N–H and O–H groups in total. The van der Waals surface area contributed by atoms with E-state index in [9.17, 15) is 27.6 Å². The van der Waals surface area contributed by atoms with Crippen molar-refractivity contribution in [3.8, 4) is 5.75 Å². The van der Waals surface area contributed by atoms with Crippen molar-refractivity contribution in [3.05, 3.63) is 59.9 Å². The Bertz CT molecular complexity index is 840. The number of hydrogen-bond donors (Lipinski definition) is 1. The fourth-order valence-corrected chi connectivity index (χ4v) is 2.17. The molecule has 1 amide bonds. The molecule has 0 radical (unpaired) electrons. The number of halogens is 3. The summed E-state index contributed by atoms with van der Waals surface area (Å²) >= 11 is 0. The molecule has 0 unspecified atom stereocenters. The molecule has 28 heavy (non-hydrogen) atoms. The number of ketones is 1. The Morgan fingerprint density at radius 2 is 1.64 bits per heavy atom. The van der Waals surface area contributed by atoms with Gasteiger partial charge in [0, 0.05) is 12.0 Å². The van der Waals surface area contributed by atoms with E-state index in [-0.39, 0.29) is 35.6 Å². The van der Waals surface area contributed by atoms with Gasteiger partial charge in [0.05, 0.1) is 12.1 Å². The first-order valence-electron chi connectivity index (χ1n) is 8.13. The minimum absolute atomic E-state index is 0.00432. The highest BCUT2D eigenvalue weighted by Gasteiger charge is 2.14. The number of Topliss-reactive ketones (excluding diaryl/α,β-unsaturated/α-hetero) is 1. The predicted octanol–water partition coefficient (Wildman–Crippen LogP) is 3.57. The number of carbonyl (C=O) groups is 3. The molecule has 0 aliphatic heterocycles. The fourth-order valence-electron chi connectivity index (χ4n) is 2.17. The molecule has 2 aromatic carbocycles. The monoisotopic (exact) mass is 395 g/mol. The molecule has 2 rings (SSSR count). The van der Waals surface area contributed by atoms with E-state index in [1.54, 1.807) is 0 Å². The fraction of sp³-hybridized carbons (Fsp3) is 0.211. The largest absolute Gasteiger partial charge is 0.456 e. The van der Waals surface area contributed by atoms with Crippen molar-refractivity contribution in [2.75, 3.05) is 11.9 Å². The molecule has 0 saturated carbocycles. The van der Waals surface area contributed by atoms with Crippen LogP contribution in [0.3, 0.4) is 0 Å². The summed E-state index contributed by atoms with van der Waals surface area (Å²) in [6.07, 6.45) is -0.439. The lowest BCUT2D eigenvalue weighted by atomic mass is 10.1. The highest BCUT2D eigenvalue weighted by molar-refractivity contribution is 5.98. The molecule has 0 atom stereocenters. The van der Waals surface area contributed by atoms with Crippen LogP contribution >= 0.6 is 0 Å². The van der Waals surface area contributed by atoms with Gasteiger partial charge in [-0.2, -0.15) is 8.78 Å². The Labute approximate surface area is 158 Å². The molecule has 0 spiro atoms. The molecule has 148 valence electrons. The number of amides is 1. The molecule has 6 nitrogen and oxygen atoms in total. The van der Waals surface area contributed by atoms with Gasteiger partial charge in [-0.1, -0.05) is 12.1 Å². The number of rotatable bonds is 9. The van der Waals surface area contributed by atoms with Crippen LogP contribution in [0.5, 0.6) is 5.75 Å². The second-order valence-corrected chi connectivity index (χ2v) is 5.51. The molecular formula is C19H16F3NO5. The van der Waals surface area contributed by atoms with Crippen molar-refractivity contribution >= 4 is 23.3 Å². The first-order valence-corrected chi connectivity index (χ1v) is 8.13. The number of alkyl halides is 2.